The van der Waals surface area contributed by atoms with E-state index in [2.05, 4.69) is 46.4 Å². The third kappa shape index (κ3) is 23.3. The van der Waals surface area contributed by atoms with Crippen molar-refractivity contribution in [1.82, 2.24) is 42.2 Å². The topological polar surface area (TPSA) is 369 Å². The van der Waals surface area contributed by atoms with Crippen molar-refractivity contribution in [2.45, 2.75) is 81.7 Å². The van der Waals surface area contributed by atoms with Crippen LogP contribution in [0.15, 0.2) is 85.1 Å². The number of aromatic amines is 1. The van der Waals surface area contributed by atoms with Gasteiger partial charge in [-0.2, -0.15) is 23.5 Å². The number of para-hydroxylation sites is 1. The second-order valence-corrected chi connectivity index (χ2v) is 19.4. The molecule has 1 aromatic heterocycles. The molecule has 0 unspecified atom stereocenters. The van der Waals surface area contributed by atoms with Crippen LogP contribution >= 0.6 is 23.5 Å². The predicted octanol–water partition coefficient (Wildman–Crippen LogP) is -7.29. The summed E-state index contributed by atoms with van der Waals surface area (Å²) in [5.41, 5.74) is 7.95. The summed E-state index contributed by atoms with van der Waals surface area (Å²) in [4.78, 5) is 123. The number of amides is 8. The molecule has 10 N–H and O–H groups in total. The van der Waals surface area contributed by atoms with Gasteiger partial charge in [0.05, 0.1) is 13.0 Å². The van der Waals surface area contributed by atoms with Gasteiger partial charge in [0.2, 0.25) is 47.3 Å². The molecule has 394 valence electrons. The number of carbonyl (C=O) groups excluding carboxylic acids is 9. The van der Waals surface area contributed by atoms with E-state index in [0.29, 0.717) is 33.3 Å². The number of nitrogens with one attached hydrogen (secondary N) is 8. The van der Waals surface area contributed by atoms with Crippen molar-refractivity contribution in [3.05, 3.63) is 102 Å². The quantitative estimate of drug-likeness (QED) is 0.0139. The van der Waals surface area contributed by atoms with Crippen LogP contribution in [0.5, 0.6) is 5.75 Å². The molecule has 0 aliphatic heterocycles. The van der Waals surface area contributed by atoms with Crippen molar-refractivity contribution in [1.29, 1.82) is 0 Å². The van der Waals surface area contributed by atoms with E-state index in [4.69, 9.17) is 5.73 Å². The number of thioether (sulfide) groups is 2. The van der Waals surface area contributed by atoms with Gasteiger partial charge in [-0.05, 0) is 59.6 Å². The first kappa shape index (κ1) is 66.0. The van der Waals surface area contributed by atoms with Crippen molar-refractivity contribution < 1.29 is 125 Å². The van der Waals surface area contributed by atoms with Gasteiger partial charge in [0, 0.05) is 43.3 Å². The first-order chi connectivity index (χ1) is 34.7. The predicted molar refractivity (Wildman–Crippen MR) is 268 cm³/mol. The third-order valence-electron chi connectivity index (χ3n) is 10.9. The summed E-state index contributed by atoms with van der Waals surface area (Å²) in [5, 5.41) is 29.8. The zero-order valence-corrected chi connectivity index (χ0v) is 48.4. The Morgan fingerprint density at radius 1 is 0.627 bits per heavy atom. The summed E-state index contributed by atoms with van der Waals surface area (Å²) < 4.78 is 37.7. The van der Waals surface area contributed by atoms with E-state index in [-0.39, 0.29) is 103 Å². The Kier molecular flexibility index (Phi) is 29.1. The molecule has 1 heterocycles. The van der Waals surface area contributed by atoms with Crippen LogP contribution in [0.25, 0.3) is 10.9 Å². The molecule has 4 rings (SSSR count). The molecular weight excluding hydrogens is 1060 g/mol. The van der Waals surface area contributed by atoms with E-state index in [1.807, 2.05) is 0 Å². The molecule has 0 saturated carbocycles. The van der Waals surface area contributed by atoms with Gasteiger partial charge in [-0.25, -0.2) is 8.42 Å². The smallest absolute Gasteiger partial charge is 0.872 e. The monoisotopic (exact) mass is 1110 g/mol. The second kappa shape index (κ2) is 33.1. The number of hydrogen-bond acceptors (Lipinski definition) is 16. The normalized spacial score (nSPS) is 13.3. The number of rotatable bonds is 29. The van der Waals surface area contributed by atoms with Crippen LogP contribution in [0.3, 0.4) is 0 Å². The van der Waals surface area contributed by atoms with E-state index < -0.39 is 113 Å². The fourth-order valence-electron chi connectivity index (χ4n) is 7.28. The number of benzene rings is 3. The summed E-state index contributed by atoms with van der Waals surface area (Å²) in [6.45, 7) is 0.520. The van der Waals surface area contributed by atoms with Gasteiger partial charge in [0.15, 0.2) is 0 Å². The zero-order valence-electron chi connectivity index (χ0n) is 41.9. The van der Waals surface area contributed by atoms with E-state index in [1.54, 1.807) is 73.3 Å². The Hall–Kier alpha value is -5.16. The third-order valence-corrected chi connectivity index (χ3v) is 12.5. The number of nitrogens with two attached hydrogens (primary N) is 1. The van der Waals surface area contributed by atoms with Crippen LogP contribution in [0.2, 0.25) is 0 Å². The molecule has 0 spiro atoms. The van der Waals surface area contributed by atoms with Crippen molar-refractivity contribution >= 4 is 98.1 Å². The van der Waals surface area contributed by atoms with Crippen molar-refractivity contribution in [2.75, 3.05) is 30.6 Å². The second-order valence-electron chi connectivity index (χ2n) is 16.5. The first-order valence-electron chi connectivity index (χ1n) is 22.5. The minimum absolute atomic E-state index is 0. The number of aromatic nitrogens is 1. The van der Waals surface area contributed by atoms with Crippen molar-refractivity contribution in [3.63, 3.8) is 0 Å². The molecule has 28 heteroatoms. The van der Waals surface area contributed by atoms with Crippen LogP contribution < -0.4 is 107 Å². The Bertz CT molecular complexity index is 2700. The van der Waals surface area contributed by atoms with Crippen molar-refractivity contribution in [2.24, 2.45) is 5.73 Å². The number of hydrogen-bond donors (Lipinski definition) is 9. The molecule has 0 bridgehead atoms. The molecular formula is C47H57N9Na2O14S3. The standard InChI is InChI=1S/C47H59N9O14S3.2Na/c1-27(57)51-37(22-29-13-15-31(58)16-14-29)45(64)53-34(17-19-71-2)43(62)50-26-40(59)52-38(23-30-25-49-33-12-8-7-11-32(30)33)46(65)54-35(18-20-72-3)44(63)56-39(24-41(60)70-73(67,68)69)47(66)55-36(42(48)61)21-28-9-5-4-6-10-28;;/h4-16,25,34-39,49,58H,17-24,26H2,1-3H3,(H2,48,61)(H,50,62)(H,51,57)(H,52,59)(H,53,64)(H,54,65)(H,55,66)(H,56,63)(H,67,68,69);;/q;2*+1/p-2/t34-,35-,36-,37-,38-,39-;;/m0../s1. The van der Waals surface area contributed by atoms with Gasteiger partial charge in [0.1, 0.15) is 36.3 Å². The molecule has 4 aromatic rings. The summed E-state index contributed by atoms with van der Waals surface area (Å²) in [7, 11) is -5.62. The largest absolute Gasteiger partial charge is 1.00 e. The summed E-state index contributed by atoms with van der Waals surface area (Å²) in [5.74, 6) is -8.42. The number of fused-ring (bicyclic) bond motifs is 1. The number of primary amides is 1. The Morgan fingerprint density at radius 2 is 1.12 bits per heavy atom. The van der Waals surface area contributed by atoms with Crippen molar-refractivity contribution in [3.8, 4) is 5.75 Å². The average Bonchev–Trinajstić information content (AvgIpc) is 3.74. The summed E-state index contributed by atoms with van der Waals surface area (Å²) in [6, 6.07) is 12.4. The maximum Gasteiger partial charge on any atom is 1.00 e. The van der Waals surface area contributed by atoms with E-state index in [9.17, 15) is 61.2 Å². The maximum absolute atomic E-state index is 14.3. The zero-order chi connectivity index (χ0) is 53.7. The molecule has 0 aliphatic carbocycles. The number of carbonyl (C=O) groups is 9. The Labute approximate surface area is 486 Å². The van der Waals surface area contributed by atoms with Gasteiger partial charge >= 0.3 is 65.1 Å². The molecule has 0 saturated heterocycles. The first-order valence-corrected chi connectivity index (χ1v) is 26.6. The molecule has 3 aromatic carbocycles. The van der Waals surface area contributed by atoms with Crippen LogP contribution in [0, 0.1) is 0 Å². The minimum atomic E-state index is -5.62. The van der Waals surface area contributed by atoms with E-state index >= 15 is 0 Å². The molecule has 6 atom stereocenters. The fraction of sp³-hybridized carbons (Fsp3) is 0.383. The fourth-order valence-corrected chi connectivity index (χ4v) is 8.51. The van der Waals surface area contributed by atoms with Gasteiger partial charge in [0.25, 0.3) is 10.4 Å². The molecule has 0 aliphatic rings. The Morgan fingerprint density at radius 3 is 1.69 bits per heavy atom. The molecule has 23 nitrogen and oxygen atoms in total. The molecule has 75 heavy (non-hydrogen) atoms. The number of H-pyrrole nitrogens is 1. The molecule has 8 amide bonds. The molecule has 0 radical (unpaired) electrons. The van der Waals surface area contributed by atoms with Gasteiger partial charge in [-0.15, -0.1) is 5.75 Å². The SMILES string of the molecule is CSCC[C@H](NC(=O)[C@H](Cc1ccc([O-])cc1)NC(C)=O)C(=O)NCC(=O)N[C@@H](Cc1c[nH]c2ccccc12)C(=O)N[C@@H](CCSC)C(=O)N[C@@H](CC(=O)OS(=O)(=O)[O-])C(=O)N[C@@H](Cc1ccccc1)C(N)=O.[Na+].[Na+]. The van der Waals surface area contributed by atoms with E-state index in [1.165, 1.54) is 54.7 Å². The average molecular weight is 1110 g/mol. The van der Waals surface area contributed by atoms with Crippen LogP contribution in [-0.4, -0.2) is 138 Å². The van der Waals surface area contributed by atoms with Crippen LogP contribution in [-0.2, 0) is 77.0 Å². The van der Waals surface area contributed by atoms with E-state index in [0.717, 1.165) is 0 Å². The molecule has 0 fully saturated rings. The van der Waals surface area contributed by atoms with Gasteiger partial charge < -0.3 is 61.8 Å². The van der Waals surface area contributed by atoms with Crippen LogP contribution in [0.1, 0.15) is 42.9 Å². The Balaban J connectivity index is 0.00000963. The van der Waals surface area contributed by atoms with Gasteiger partial charge in [-0.3, -0.25) is 43.2 Å². The van der Waals surface area contributed by atoms with Crippen LogP contribution in [0.4, 0.5) is 0 Å². The van der Waals surface area contributed by atoms with Gasteiger partial charge in [-0.1, -0.05) is 72.8 Å². The maximum atomic E-state index is 14.3. The summed E-state index contributed by atoms with van der Waals surface area (Å²) in [6.07, 6.45) is 3.59. The minimum Gasteiger partial charge on any atom is -0.872 e. The summed E-state index contributed by atoms with van der Waals surface area (Å²) >= 11 is 2.65.